The Hall–Kier alpha value is -1.69. The van der Waals surface area contributed by atoms with Gasteiger partial charge in [0.1, 0.15) is 5.82 Å². The molecule has 3 heterocycles. The molecule has 0 unspecified atom stereocenters. The van der Waals surface area contributed by atoms with Crippen LogP contribution in [0.15, 0.2) is 16.9 Å². The fourth-order valence-corrected chi connectivity index (χ4v) is 2.31. The molecule has 102 valence electrons. The molecule has 0 N–H and O–H groups in total. The Labute approximate surface area is 111 Å². The first-order valence-electron chi connectivity index (χ1n) is 6.71. The molecule has 6 heteroatoms. The van der Waals surface area contributed by atoms with Crippen LogP contribution in [-0.2, 0) is 17.7 Å². The van der Waals surface area contributed by atoms with Gasteiger partial charge in [0.15, 0.2) is 5.82 Å². The van der Waals surface area contributed by atoms with E-state index in [1.165, 1.54) is 0 Å². The van der Waals surface area contributed by atoms with Gasteiger partial charge >= 0.3 is 0 Å². The predicted octanol–water partition coefficient (Wildman–Crippen LogP) is 1.71. The Morgan fingerprint density at radius 2 is 2.42 bits per heavy atom. The molecule has 6 nitrogen and oxygen atoms in total. The zero-order valence-electron chi connectivity index (χ0n) is 11.1. The van der Waals surface area contributed by atoms with Crippen LogP contribution in [0.1, 0.15) is 36.3 Å². The number of hydrogen-bond donors (Lipinski definition) is 0. The van der Waals surface area contributed by atoms with Gasteiger partial charge in [-0.2, -0.15) is 4.98 Å². The second-order valence-electron chi connectivity index (χ2n) is 4.88. The topological polar surface area (TPSA) is 66.0 Å². The molecule has 1 saturated heterocycles. The Bertz CT molecular complexity index is 528. The summed E-state index contributed by atoms with van der Waals surface area (Å²) < 4.78 is 12.7. The Balaban J connectivity index is 1.51. The van der Waals surface area contributed by atoms with E-state index in [4.69, 9.17) is 9.26 Å². The van der Waals surface area contributed by atoms with Gasteiger partial charge in [-0.1, -0.05) is 5.16 Å². The molecule has 0 aliphatic carbocycles. The average molecular weight is 262 g/mol. The maximum Gasteiger partial charge on any atom is 0.226 e. The zero-order chi connectivity index (χ0) is 13.1. The van der Waals surface area contributed by atoms with E-state index in [-0.39, 0.29) is 0 Å². The summed E-state index contributed by atoms with van der Waals surface area (Å²) in [7, 11) is 0. The second kappa shape index (κ2) is 5.52. The maximum absolute atomic E-state index is 5.33. The minimum atomic E-state index is 0.313. The van der Waals surface area contributed by atoms with E-state index in [0.717, 1.165) is 50.0 Å². The first-order chi connectivity index (χ1) is 9.33. The predicted molar refractivity (Wildman–Crippen MR) is 67.8 cm³/mol. The molecule has 2 aromatic heterocycles. The Morgan fingerprint density at radius 1 is 1.47 bits per heavy atom. The number of ether oxygens (including phenoxy) is 1. The van der Waals surface area contributed by atoms with Crippen molar-refractivity contribution in [1.29, 1.82) is 0 Å². The number of aromatic nitrogens is 4. The third-order valence-electron chi connectivity index (χ3n) is 3.49. The fraction of sp³-hybridized carbons (Fsp3) is 0.615. The first kappa shape index (κ1) is 12.3. The van der Waals surface area contributed by atoms with Crippen LogP contribution in [0.3, 0.4) is 0 Å². The van der Waals surface area contributed by atoms with E-state index < -0.39 is 0 Å². The Kier molecular flexibility index (Phi) is 3.59. The summed E-state index contributed by atoms with van der Waals surface area (Å²) in [5.41, 5.74) is 0. The smallest absolute Gasteiger partial charge is 0.226 e. The molecular formula is C13H18N4O2. The summed E-state index contributed by atoms with van der Waals surface area (Å²) in [5.74, 6) is 2.87. The Morgan fingerprint density at radius 3 is 3.16 bits per heavy atom. The summed E-state index contributed by atoms with van der Waals surface area (Å²) in [6, 6.07) is 0. The van der Waals surface area contributed by atoms with Crippen molar-refractivity contribution in [1.82, 2.24) is 19.7 Å². The van der Waals surface area contributed by atoms with Crippen LogP contribution in [-0.4, -0.2) is 32.9 Å². The summed E-state index contributed by atoms with van der Waals surface area (Å²) in [5, 5.41) is 4.05. The lowest BCUT2D eigenvalue weighted by atomic mass is 10.1. The SMILES string of the molecule is Cc1nccn1CCCc1nc([C@H]2CCOC2)no1. The van der Waals surface area contributed by atoms with Crippen LogP contribution in [0.4, 0.5) is 0 Å². The number of nitrogens with zero attached hydrogens (tertiary/aromatic N) is 4. The number of hydrogen-bond acceptors (Lipinski definition) is 5. The van der Waals surface area contributed by atoms with E-state index >= 15 is 0 Å². The molecule has 0 spiro atoms. The summed E-state index contributed by atoms with van der Waals surface area (Å²) in [4.78, 5) is 8.65. The molecule has 1 fully saturated rings. The van der Waals surface area contributed by atoms with Crippen LogP contribution in [0.5, 0.6) is 0 Å². The lowest BCUT2D eigenvalue weighted by molar-refractivity contribution is 0.192. The van der Waals surface area contributed by atoms with Gasteiger partial charge < -0.3 is 13.8 Å². The van der Waals surface area contributed by atoms with Crippen molar-refractivity contribution in [3.05, 3.63) is 29.9 Å². The quantitative estimate of drug-likeness (QED) is 0.820. The molecule has 0 amide bonds. The van der Waals surface area contributed by atoms with Crippen LogP contribution < -0.4 is 0 Å². The van der Waals surface area contributed by atoms with Crippen LogP contribution in [0.2, 0.25) is 0 Å². The van der Waals surface area contributed by atoms with Gasteiger partial charge in [0.25, 0.3) is 0 Å². The first-order valence-corrected chi connectivity index (χ1v) is 6.71. The van der Waals surface area contributed by atoms with Gasteiger partial charge in [-0.25, -0.2) is 4.98 Å². The zero-order valence-corrected chi connectivity index (χ0v) is 11.1. The fourth-order valence-electron chi connectivity index (χ4n) is 2.31. The van der Waals surface area contributed by atoms with E-state index in [0.29, 0.717) is 12.5 Å². The van der Waals surface area contributed by atoms with Crippen LogP contribution >= 0.6 is 0 Å². The lowest BCUT2D eigenvalue weighted by Gasteiger charge is -2.02. The number of rotatable bonds is 5. The van der Waals surface area contributed by atoms with Gasteiger partial charge in [-0.3, -0.25) is 0 Å². The van der Waals surface area contributed by atoms with Crippen molar-refractivity contribution >= 4 is 0 Å². The largest absolute Gasteiger partial charge is 0.381 e. The summed E-state index contributed by atoms with van der Waals surface area (Å²) in [6.45, 7) is 4.45. The highest BCUT2D eigenvalue weighted by molar-refractivity contribution is 4.97. The van der Waals surface area contributed by atoms with Crippen molar-refractivity contribution in [3.63, 3.8) is 0 Å². The van der Waals surface area contributed by atoms with Crippen LogP contribution in [0.25, 0.3) is 0 Å². The van der Waals surface area contributed by atoms with Crippen molar-refractivity contribution in [2.45, 2.75) is 38.6 Å². The van der Waals surface area contributed by atoms with Gasteiger partial charge in [0, 0.05) is 37.9 Å². The molecule has 0 aromatic carbocycles. The van der Waals surface area contributed by atoms with Crippen molar-refractivity contribution in [3.8, 4) is 0 Å². The highest BCUT2D eigenvalue weighted by atomic mass is 16.5. The summed E-state index contributed by atoms with van der Waals surface area (Å²) >= 11 is 0. The molecule has 1 aliphatic rings. The third-order valence-corrected chi connectivity index (χ3v) is 3.49. The summed E-state index contributed by atoms with van der Waals surface area (Å²) in [6.07, 6.45) is 6.58. The minimum Gasteiger partial charge on any atom is -0.381 e. The second-order valence-corrected chi connectivity index (χ2v) is 4.88. The van der Waals surface area contributed by atoms with Gasteiger partial charge in [0.05, 0.1) is 6.61 Å². The van der Waals surface area contributed by atoms with E-state index in [1.807, 2.05) is 19.3 Å². The molecule has 3 rings (SSSR count). The molecule has 2 aromatic rings. The molecule has 0 radical (unpaired) electrons. The van der Waals surface area contributed by atoms with Crippen molar-refractivity contribution in [2.75, 3.05) is 13.2 Å². The molecule has 0 saturated carbocycles. The lowest BCUT2D eigenvalue weighted by Crippen LogP contribution is -2.02. The number of aryl methyl sites for hydroxylation is 3. The van der Waals surface area contributed by atoms with Crippen molar-refractivity contribution in [2.24, 2.45) is 0 Å². The van der Waals surface area contributed by atoms with Crippen LogP contribution in [0, 0.1) is 6.92 Å². The molecule has 19 heavy (non-hydrogen) atoms. The molecular weight excluding hydrogens is 244 g/mol. The van der Waals surface area contributed by atoms with Gasteiger partial charge in [-0.15, -0.1) is 0 Å². The minimum absolute atomic E-state index is 0.313. The van der Waals surface area contributed by atoms with Crippen molar-refractivity contribution < 1.29 is 9.26 Å². The average Bonchev–Trinajstić information content (AvgIpc) is 3.11. The standard InChI is InChI=1S/C13H18N4O2/c1-10-14-5-7-17(10)6-2-3-12-15-13(16-19-12)11-4-8-18-9-11/h5,7,11H,2-4,6,8-9H2,1H3/t11-/m0/s1. The molecule has 1 aliphatic heterocycles. The monoisotopic (exact) mass is 262 g/mol. The molecule has 0 bridgehead atoms. The highest BCUT2D eigenvalue weighted by Crippen LogP contribution is 2.22. The van der Waals surface area contributed by atoms with E-state index in [2.05, 4.69) is 19.7 Å². The van der Waals surface area contributed by atoms with E-state index in [9.17, 15) is 0 Å². The van der Waals surface area contributed by atoms with Gasteiger partial charge in [-0.05, 0) is 19.8 Å². The molecule has 1 atom stereocenters. The van der Waals surface area contributed by atoms with Gasteiger partial charge in [0.2, 0.25) is 5.89 Å². The maximum atomic E-state index is 5.33. The highest BCUT2D eigenvalue weighted by Gasteiger charge is 2.22. The van der Waals surface area contributed by atoms with E-state index in [1.54, 1.807) is 0 Å². The normalized spacial score (nSPS) is 19.1. The number of imidazole rings is 1. The third kappa shape index (κ3) is 2.84.